The summed E-state index contributed by atoms with van der Waals surface area (Å²) in [5.41, 5.74) is 0. The lowest BCUT2D eigenvalue weighted by Gasteiger charge is -2.34. The van der Waals surface area contributed by atoms with E-state index in [0.29, 0.717) is 0 Å². The zero-order valence-electron chi connectivity index (χ0n) is 11.1. The van der Waals surface area contributed by atoms with E-state index in [4.69, 9.17) is 0 Å². The molecule has 2 saturated heterocycles. The molecule has 2 aliphatic rings. The van der Waals surface area contributed by atoms with Crippen LogP contribution in [0.2, 0.25) is 0 Å². The molecule has 1 N–H and O–H groups in total. The molecule has 2 heterocycles. The lowest BCUT2D eigenvalue weighted by atomic mass is 9.98. The first kappa shape index (κ1) is 12.3. The standard InChI is InChI=1S/C13H27N3/c1-4-11-8-14-9-13(11)16-7-5-6-12(16)10-15(2)3/h11-14H,4-10H2,1-3H3. The molecule has 0 saturated carbocycles. The van der Waals surface area contributed by atoms with E-state index in [0.717, 1.165) is 18.0 Å². The van der Waals surface area contributed by atoms with E-state index in [-0.39, 0.29) is 0 Å². The van der Waals surface area contributed by atoms with Crippen LogP contribution in [0.1, 0.15) is 26.2 Å². The highest BCUT2D eigenvalue weighted by molar-refractivity contribution is 4.94. The lowest BCUT2D eigenvalue weighted by molar-refractivity contribution is 0.133. The molecule has 2 fully saturated rings. The van der Waals surface area contributed by atoms with Gasteiger partial charge in [0.1, 0.15) is 0 Å². The Morgan fingerprint density at radius 1 is 1.31 bits per heavy atom. The maximum atomic E-state index is 3.57. The maximum absolute atomic E-state index is 3.57. The van der Waals surface area contributed by atoms with Crippen LogP contribution in [0.25, 0.3) is 0 Å². The minimum Gasteiger partial charge on any atom is -0.315 e. The van der Waals surface area contributed by atoms with E-state index in [2.05, 4.69) is 36.1 Å². The molecule has 0 radical (unpaired) electrons. The number of likely N-dealkylation sites (tertiary alicyclic amines) is 1. The Balaban J connectivity index is 1.96. The van der Waals surface area contributed by atoms with Crippen LogP contribution < -0.4 is 5.32 Å². The largest absolute Gasteiger partial charge is 0.315 e. The molecule has 0 aromatic rings. The Labute approximate surface area is 100 Å². The second-order valence-corrected chi connectivity index (χ2v) is 5.69. The second kappa shape index (κ2) is 5.48. The van der Waals surface area contributed by atoms with Crippen LogP contribution in [0, 0.1) is 5.92 Å². The molecular formula is C13H27N3. The molecule has 0 spiro atoms. The zero-order valence-corrected chi connectivity index (χ0v) is 11.1. The first-order valence-electron chi connectivity index (χ1n) is 6.83. The van der Waals surface area contributed by atoms with Gasteiger partial charge in [0.2, 0.25) is 0 Å². The predicted octanol–water partition coefficient (Wildman–Crippen LogP) is 1.01. The number of likely N-dealkylation sites (N-methyl/N-ethyl adjacent to an activating group) is 1. The van der Waals surface area contributed by atoms with Crippen molar-refractivity contribution in [1.29, 1.82) is 0 Å². The van der Waals surface area contributed by atoms with Crippen LogP contribution in [0.5, 0.6) is 0 Å². The third-order valence-electron chi connectivity index (χ3n) is 4.25. The van der Waals surface area contributed by atoms with Crippen LogP contribution in [-0.2, 0) is 0 Å². The number of rotatable bonds is 4. The fourth-order valence-corrected chi connectivity index (χ4v) is 3.44. The van der Waals surface area contributed by atoms with Crippen molar-refractivity contribution < 1.29 is 0 Å². The average Bonchev–Trinajstić information content (AvgIpc) is 2.83. The second-order valence-electron chi connectivity index (χ2n) is 5.69. The molecule has 94 valence electrons. The minimum atomic E-state index is 0.800. The smallest absolute Gasteiger partial charge is 0.0264 e. The number of hydrogen-bond acceptors (Lipinski definition) is 3. The SMILES string of the molecule is CCC1CNCC1N1CCCC1CN(C)C. The molecule has 0 aromatic carbocycles. The predicted molar refractivity (Wildman–Crippen MR) is 68.7 cm³/mol. The molecule has 0 amide bonds. The Hall–Kier alpha value is -0.120. The summed E-state index contributed by atoms with van der Waals surface area (Å²) in [4.78, 5) is 5.13. The molecule has 0 aliphatic carbocycles. The van der Waals surface area contributed by atoms with Gasteiger partial charge in [-0.05, 0) is 45.9 Å². The molecule has 2 aliphatic heterocycles. The minimum absolute atomic E-state index is 0.800. The zero-order chi connectivity index (χ0) is 11.5. The van der Waals surface area contributed by atoms with Gasteiger partial charge in [-0.1, -0.05) is 13.3 Å². The molecular weight excluding hydrogens is 198 g/mol. The molecule has 0 bridgehead atoms. The Kier molecular flexibility index (Phi) is 4.22. The van der Waals surface area contributed by atoms with Gasteiger partial charge in [-0.15, -0.1) is 0 Å². The molecule has 0 aromatic heterocycles. The van der Waals surface area contributed by atoms with Gasteiger partial charge < -0.3 is 10.2 Å². The molecule has 3 unspecified atom stereocenters. The van der Waals surface area contributed by atoms with Crippen LogP contribution >= 0.6 is 0 Å². The van der Waals surface area contributed by atoms with E-state index in [1.165, 1.54) is 45.4 Å². The van der Waals surface area contributed by atoms with Gasteiger partial charge in [0.25, 0.3) is 0 Å². The van der Waals surface area contributed by atoms with E-state index < -0.39 is 0 Å². The molecule has 3 heteroatoms. The van der Waals surface area contributed by atoms with Crippen molar-refractivity contribution in [2.45, 2.75) is 38.3 Å². The van der Waals surface area contributed by atoms with Crippen molar-refractivity contribution in [3.8, 4) is 0 Å². The van der Waals surface area contributed by atoms with Gasteiger partial charge in [0, 0.05) is 25.2 Å². The number of nitrogens with one attached hydrogen (secondary N) is 1. The number of hydrogen-bond donors (Lipinski definition) is 1. The van der Waals surface area contributed by atoms with Crippen LogP contribution in [-0.4, -0.2) is 62.2 Å². The highest BCUT2D eigenvalue weighted by atomic mass is 15.3. The molecule has 3 nitrogen and oxygen atoms in total. The van der Waals surface area contributed by atoms with Crippen molar-refractivity contribution in [1.82, 2.24) is 15.1 Å². The quantitative estimate of drug-likeness (QED) is 0.770. The summed E-state index contributed by atoms with van der Waals surface area (Å²) in [5.74, 6) is 0.878. The van der Waals surface area contributed by atoms with E-state index in [9.17, 15) is 0 Å². The van der Waals surface area contributed by atoms with Crippen molar-refractivity contribution >= 4 is 0 Å². The third kappa shape index (κ3) is 2.58. The van der Waals surface area contributed by atoms with Crippen molar-refractivity contribution in [3.05, 3.63) is 0 Å². The normalized spacial score (nSPS) is 36.4. The van der Waals surface area contributed by atoms with E-state index in [1.54, 1.807) is 0 Å². The maximum Gasteiger partial charge on any atom is 0.0264 e. The first-order chi connectivity index (χ1) is 7.72. The summed E-state index contributed by atoms with van der Waals surface area (Å²) in [6.07, 6.45) is 4.11. The van der Waals surface area contributed by atoms with Crippen molar-refractivity contribution in [2.75, 3.05) is 40.3 Å². The van der Waals surface area contributed by atoms with Gasteiger partial charge in [0.15, 0.2) is 0 Å². The van der Waals surface area contributed by atoms with Gasteiger partial charge in [0.05, 0.1) is 0 Å². The lowest BCUT2D eigenvalue weighted by Crippen LogP contribution is -2.47. The van der Waals surface area contributed by atoms with Crippen molar-refractivity contribution in [3.63, 3.8) is 0 Å². The summed E-state index contributed by atoms with van der Waals surface area (Å²) in [6.45, 7) is 7.32. The highest BCUT2D eigenvalue weighted by Gasteiger charge is 2.36. The summed E-state index contributed by atoms with van der Waals surface area (Å²) in [7, 11) is 4.39. The Morgan fingerprint density at radius 2 is 2.12 bits per heavy atom. The Morgan fingerprint density at radius 3 is 2.81 bits per heavy atom. The van der Waals surface area contributed by atoms with Gasteiger partial charge in [-0.25, -0.2) is 0 Å². The van der Waals surface area contributed by atoms with Crippen LogP contribution in [0.4, 0.5) is 0 Å². The summed E-state index contributed by atoms with van der Waals surface area (Å²) < 4.78 is 0. The van der Waals surface area contributed by atoms with Crippen LogP contribution in [0.3, 0.4) is 0 Å². The fourth-order valence-electron chi connectivity index (χ4n) is 3.44. The number of nitrogens with zero attached hydrogens (tertiary/aromatic N) is 2. The average molecular weight is 225 g/mol. The molecule has 16 heavy (non-hydrogen) atoms. The Bertz CT molecular complexity index is 217. The van der Waals surface area contributed by atoms with E-state index in [1.807, 2.05) is 0 Å². The molecule has 3 atom stereocenters. The van der Waals surface area contributed by atoms with Gasteiger partial charge in [-0.3, -0.25) is 4.90 Å². The van der Waals surface area contributed by atoms with Gasteiger partial charge in [-0.2, -0.15) is 0 Å². The monoisotopic (exact) mass is 225 g/mol. The third-order valence-corrected chi connectivity index (χ3v) is 4.25. The van der Waals surface area contributed by atoms with Gasteiger partial charge >= 0.3 is 0 Å². The highest BCUT2D eigenvalue weighted by Crippen LogP contribution is 2.27. The topological polar surface area (TPSA) is 18.5 Å². The first-order valence-corrected chi connectivity index (χ1v) is 6.83. The molecule has 2 rings (SSSR count). The van der Waals surface area contributed by atoms with E-state index >= 15 is 0 Å². The summed E-state index contributed by atoms with van der Waals surface area (Å²) in [5, 5.41) is 3.57. The summed E-state index contributed by atoms with van der Waals surface area (Å²) >= 11 is 0. The summed E-state index contributed by atoms with van der Waals surface area (Å²) in [6, 6.07) is 1.60. The van der Waals surface area contributed by atoms with Crippen molar-refractivity contribution in [2.24, 2.45) is 5.92 Å². The van der Waals surface area contributed by atoms with Crippen LogP contribution in [0.15, 0.2) is 0 Å². The fraction of sp³-hybridized carbons (Fsp3) is 1.00.